The van der Waals surface area contributed by atoms with Crippen LogP contribution in [0.3, 0.4) is 0 Å². The summed E-state index contributed by atoms with van der Waals surface area (Å²) in [5.41, 5.74) is 0.762. The van der Waals surface area contributed by atoms with Crippen LogP contribution in [-0.2, 0) is 9.53 Å². The van der Waals surface area contributed by atoms with Crippen molar-refractivity contribution in [2.45, 2.75) is 49.8 Å². The number of esters is 1. The highest BCUT2D eigenvalue weighted by atomic mass is 16.6. The van der Waals surface area contributed by atoms with Crippen molar-refractivity contribution in [1.82, 2.24) is 0 Å². The Kier molecular flexibility index (Phi) is 4.21. The first-order valence-electron chi connectivity index (χ1n) is 7.95. The minimum Gasteiger partial charge on any atom is -0.633 e. The normalized spacial score (nSPS) is 35.1. The van der Waals surface area contributed by atoms with Crippen molar-refractivity contribution in [2.75, 3.05) is 13.7 Å². The summed E-state index contributed by atoms with van der Waals surface area (Å²) in [7, 11) is 1.74. The lowest BCUT2D eigenvalue weighted by Crippen LogP contribution is -2.55. The van der Waals surface area contributed by atoms with Crippen LogP contribution in [-0.4, -0.2) is 47.6 Å². The van der Waals surface area contributed by atoms with E-state index in [2.05, 4.69) is 0 Å². The Labute approximate surface area is 130 Å². The van der Waals surface area contributed by atoms with Crippen LogP contribution in [0, 0.1) is 5.21 Å². The van der Waals surface area contributed by atoms with Gasteiger partial charge in [0.1, 0.15) is 12.0 Å². The molecule has 2 bridgehead atoms. The molecule has 0 spiro atoms. The molecule has 1 aromatic rings. The summed E-state index contributed by atoms with van der Waals surface area (Å²) < 4.78 is 5.44. The zero-order valence-electron chi connectivity index (χ0n) is 12.9. The minimum absolute atomic E-state index is 0.0425. The van der Waals surface area contributed by atoms with Crippen LogP contribution < -0.4 is 0 Å². The number of ether oxygens (including phenoxy) is 1. The highest BCUT2D eigenvalue weighted by Gasteiger charge is 2.48. The maximum atomic E-state index is 12.4. The number of fused-ring (bicyclic) bond motifs is 2. The van der Waals surface area contributed by atoms with E-state index in [1.807, 2.05) is 30.3 Å². The first-order valence-corrected chi connectivity index (χ1v) is 7.95. The third-order valence-corrected chi connectivity index (χ3v) is 5.30. The first-order chi connectivity index (χ1) is 10.5. The van der Waals surface area contributed by atoms with Crippen LogP contribution in [0.5, 0.6) is 0 Å². The number of piperidine rings is 1. The van der Waals surface area contributed by atoms with E-state index in [-0.39, 0.29) is 35.4 Å². The Bertz CT molecular complexity index is 515. The number of carbonyl (C=O) groups excluding carboxylic acids is 1. The molecule has 1 aromatic carbocycles. The number of nitrogens with zero attached hydrogens (tertiary/aromatic N) is 1. The molecule has 0 radical (unpaired) electrons. The average molecular weight is 305 g/mol. The fraction of sp³-hybridized carbons (Fsp3) is 0.588. The molecule has 0 amide bonds. The molecular formula is C17H23NO4. The predicted octanol–water partition coefficient (Wildman–Crippen LogP) is 1.94. The van der Waals surface area contributed by atoms with Crippen LogP contribution in [0.1, 0.15) is 37.2 Å². The van der Waals surface area contributed by atoms with Gasteiger partial charge >= 0.3 is 5.97 Å². The molecule has 1 N–H and O–H groups in total. The van der Waals surface area contributed by atoms with Gasteiger partial charge in [-0.15, -0.1) is 0 Å². The topological polar surface area (TPSA) is 69.6 Å². The molecule has 2 saturated heterocycles. The second kappa shape index (κ2) is 5.99. The van der Waals surface area contributed by atoms with Crippen molar-refractivity contribution in [3.63, 3.8) is 0 Å². The zero-order valence-corrected chi connectivity index (χ0v) is 12.9. The Hall–Kier alpha value is -1.43. The van der Waals surface area contributed by atoms with E-state index in [1.165, 1.54) is 0 Å². The van der Waals surface area contributed by atoms with E-state index in [1.54, 1.807) is 7.05 Å². The average Bonchev–Trinajstić information content (AvgIpc) is 2.68. The first kappa shape index (κ1) is 15.5. The maximum absolute atomic E-state index is 12.4. The minimum atomic E-state index is -0.645. The van der Waals surface area contributed by atoms with Gasteiger partial charge < -0.3 is 19.7 Å². The van der Waals surface area contributed by atoms with Gasteiger partial charge in [0, 0.05) is 25.7 Å². The van der Waals surface area contributed by atoms with Gasteiger partial charge in [0.25, 0.3) is 0 Å². The van der Waals surface area contributed by atoms with E-state index in [0.29, 0.717) is 12.8 Å². The molecule has 0 aliphatic carbocycles. The van der Waals surface area contributed by atoms with Crippen LogP contribution in [0.4, 0.5) is 0 Å². The van der Waals surface area contributed by atoms with Gasteiger partial charge in [-0.1, -0.05) is 30.3 Å². The Morgan fingerprint density at radius 3 is 2.45 bits per heavy atom. The second-order valence-electron chi connectivity index (χ2n) is 6.62. The summed E-state index contributed by atoms with van der Waals surface area (Å²) >= 11 is 0. The number of hydrogen-bond donors (Lipinski definition) is 1. The van der Waals surface area contributed by atoms with Crippen LogP contribution in [0.15, 0.2) is 30.3 Å². The lowest BCUT2D eigenvalue weighted by Gasteiger charge is -2.50. The lowest BCUT2D eigenvalue weighted by molar-refractivity contribution is -0.903. The summed E-state index contributed by atoms with van der Waals surface area (Å²) in [6.45, 7) is -0.266. The smallest absolute Gasteiger partial charge is 0.316 e. The second-order valence-corrected chi connectivity index (χ2v) is 6.62. The number of benzene rings is 1. The Morgan fingerprint density at radius 2 is 1.91 bits per heavy atom. The molecule has 2 fully saturated rings. The summed E-state index contributed by atoms with van der Waals surface area (Å²) in [5, 5.41) is 22.0. The van der Waals surface area contributed by atoms with Crippen molar-refractivity contribution >= 4 is 5.97 Å². The van der Waals surface area contributed by atoms with E-state index in [0.717, 1.165) is 18.4 Å². The van der Waals surface area contributed by atoms with E-state index >= 15 is 0 Å². The Morgan fingerprint density at radius 1 is 1.32 bits per heavy atom. The fourth-order valence-electron chi connectivity index (χ4n) is 3.90. The molecule has 3 rings (SSSR count). The summed E-state index contributed by atoms with van der Waals surface area (Å²) in [4.78, 5) is 12.4. The van der Waals surface area contributed by atoms with Crippen molar-refractivity contribution in [3.05, 3.63) is 41.1 Å². The van der Waals surface area contributed by atoms with Gasteiger partial charge in [-0.05, 0) is 5.56 Å². The van der Waals surface area contributed by atoms with Gasteiger partial charge in [0.05, 0.1) is 25.7 Å². The molecule has 5 heteroatoms. The summed E-state index contributed by atoms with van der Waals surface area (Å²) in [5.74, 6) is -1.03. The lowest BCUT2D eigenvalue weighted by atomic mass is 9.98. The van der Waals surface area contributed by atoms with E-state index in [4.69, 9.17) is 4.74 Å². The highest BCUT2D eigenvalue weighted by molar-refractivity contribution is 5.78. The number of carbonyl (C=O) groups is 1. The van der Waals surface area contributed by atoms with Crippen molar-refractivity contribution in [1.29, 1.82) is 0 Å². The van der Waals surface area contributed by atoms with Crippen LogP contribution in [0.2, 0.25) is 0 Å². The third kappa shape index (κ3) is 2.76. The standard InChI is InChI=1S/C17H23NO4/c1-18(21)13-7-8-14(18)10-15(9-13)22-17(20)16(11-19)12-5-3-2-4-6-12/h2-6,13-16,19H,7-11H2,1H3/t13-,14+,15?,16-,18?/m1/s1. The number of hydroxylamine groups is 3. The number of hydrogen-bond acceptors (Lipinski definition) is 4. The summed E-state index contributed by atoms with van der Waals surface area (Å²) in [6, 6.07) is 9.27. The monoisotopic (exact) mass is 305 g/mol. The van der Waals surface area contributed by atoms with E-state index in [9.17, 15) is 15.1 Å². The molecule has 0 saturated carbocycles. The van der Waals surface area contributed by atoms with Gasteiger partial charge in [0.15, 0.2) is 0 Å². The van der Waals surface area contributed by atoms with Gasteiger partial charge in [-0.2, -0.15) is 0 Å². The van der Waals surface area contributed by atoms with Gasteiger partial charge in [-0.25, -0.2) is 0 Å². The molecule has 2 unspecified atom stereocenters. The molecule has 5 nitrogen and oxygen atoms in total. The van der Waals surface area contributed by atoms with Gasteiger partial charge in [0.2, 0.25) is 0 Å². The molecule has 2 aliphatic heterocycles. The molecular weight excluding hydrogens is 282 g/mol. The largest absolute Gasteiger partial charge is 0.633 e. The number of aliphatic hydroxyl groups excluding tert-OH is 1. The molecule has 22 heavy (non-hydrogen) atoms. The molecule has 120 valence electrons. The SMILES string of the molecule is C[N+]1([O-])[C@@H]2CC[C@H]1CC(OC(=O)[C@H](CO)c1ccccc1)C2. The Balaban J connectivity index is 1.65. The number of quaternary nitrogens is 1. The quantitative estimate of drug-likeness (QED) is 0.524. The van der Waals surface area contributed by atoms with Crippen molar-refractivity contribution < 1.29 is 19.3 Å². The van der Waals surface area contributed by atoms with Crippen molar-refractivity contribution in [2.24, 2.45) is 0 Å². The molecule has 0 aromatic heterocycles. The zero-order chi connectivity index (χ0) is 15.7. The maximum Gasteiger partial charge on any atom is 0.316 e. The number of rotatable bonds is 4. The molecule has 2 heterocycles. The number of aliphatic hydroxyl groups is 1. The van der Waals surface area contributed by atoms with Crippen LogP contribution >= 0.6 is 0 Å². The van der Waals surface area contributed by atoms with Crippen molar-refractivity contribution in [3.8, 4) is 0 Å². The predicted molar refractivity (Wildman–Crippen MR) is 81.7 cm³/mol. The molecule has 5 atom stereocenters. The highest BCUT2D eigenvalue weighted by Crippen LogP contribution is 2.41. The van der Waals surface area contributed by atoms with Gasteiger partial charge in [-0.3, -0.25) is 4.79 Å². The van der Waals surface area contributed by atoms with Crippen LogP contribution in [0.25, 0.3) is 0 Å². The summed E-state index contributed by atoms with van der Waals surface area (Å²) in [6.07, 6.45) is 2.91. The third-order valence-electron chi connectivity index (χ3n) is 5.30. The molecule has 2 aliphatic rings. The fourth-order valence-corrected chi connectivity index (χ4v) is 3.90. The van der Waals surface area contributed by atoms with E-state index < -0.39 is 5.92 Å².